The van der Waals surface area contributed by atoms with Gasteiger partial charge in [0.1, 0.15) is 11.6 Å². The smallest absolute Gasteiger partial charge is 0.256 e. The maximum Gasteiger partial charge on any atom is 0.256 e. The second kappa shape index (κ2) is 8.45. The van der Waals surface area contributed by atoms with Crippen LogP contribution in [0.1, 0.15) is 34.6 Å². The van der Waals surface area contributed by atoms with Gasteiger partial charge in [-0.25, -0.2) is 8.78 Å². The SMILES string of the molecule is C[C@H]1O[C@@H](NC(=O)c2ccccc2F)[C@@H](NC(=O)c2ccccc2F)O[C@@H]1C. The van der Waals surface area contributed by atoms with Gasteiger partial charge in [0.05, 0.1) is 23.3 Å². The molecule has 2 amide bonds. The van der Waals surface area contributed by atoms with Crippen molar-refractivity contribution in [3.8, 4) is 0 Å². The molecule has 0 spiro atoms. The molecule has 8 heteroatoms. The van der Waals surface area contributed by atoms with E-state index < -0.39 is 48.1 Å². The molecule has 2 aromatic carbocycles. The monoisotopic (exact) mass is 390 g/mol. The Hall–Kier alpha value is -2.84. The summed E-state index contributed by atoms with van der Waals surface area (Å²) in [6, 6.07) is 11.0. The molecule has 3 rings (SSSR count). The van der Waals surface area contributed by atoms with Gasteiger partial charge in [-0.2, -0.15) is 0 Å². The highest BCUT2D eigenvalue weighted by molar-refractivity contribution is 5.95. The summed E-state index contributed by atoms with van der Waals surface area (Å²) in [4.78, 5) is 24.8. The second-order valence-electron chi connectivity index (χ2n) is 6.43. The highest BCUT2D eigenvalue weighted by atomic mass is 19.1. The van der Waals surface area contributed by atoms with Gasteiger partial charge in [0.25, 0.3) is 11.8 Å². The minimum atomic E-state index is -1.09. The Labute approximate surface area is 160 Å². The van der Waals surface area contributed by atoms with Crippen LogP contribution in [0.15, 0.2) is 48.5 Å². The number of ether oxygens (including phenoxy) is 2. The van der Waals surface area contributed by atoms with E-state index in [0.29, 0.717) is 0 Å². The first-order valence-electron chi connectivity index (χ1n) is 8.78. The van der Waals surface area contributed by atoms with Gasteiger partial charge in [0, 0.05) is 0 Å². The molecule has 148 valence electrons. The van der Waals surface area contributed by atoms with E-state index in [1.807, 2.05) is 0 Å². The van der Waals surface area contributed by atoms with Crippen molar-refractivity contribution in [2.45, 2.75) is 38.5 Å². The fraction of sp³-hybridized carbons (Fsp3) is 0.300. The van der Waals surface area contributed by atoms with Crippen molar-refractivity contribution < 1.29 is 27.8 Å². The fourth-order valence-electron chi connectivity index (χ4n) is 2.75. The molecule has 0 unspecified atom stereocenters. The molecule has 0 aliphatic carbocycles. The molecule has 1 saturated heterocycles. The topological polar surface area (TPSA) is 76.7 Å². The first-order chi connectivity index (χ1) is 13.4. The Morgan fingerprint density at radius 2 is 1.11 bits per heavy atom. The quantitative estimate of drug-likeness (QED) is 0.842. The number of benzene rings is 2. The van der Waals surface area contributed by atoms with E-state index in [1.165, 1.54) is 36.4 Å². The highest BCUT2D eigenvalue weighted by Gasteiger charge is 2.37. The van der Waals surface area contributed by atoms with E-state index in [4.69, 9.17) is 9.47 Å². The van der Waals surface area contributed by atoms with E-state index >= 15 is 0 Å². The summed E-state index contributed by atoms with van der Waals surface area (Å²) in [7, 11) is 0. The summed E-state index contributed by atoms with van der Waals surface area (Å²) >= 11 is 0. The average molecular weight is 390 g/mol. The minimum Gasteiger partial charge on any atom is -0.348 e. The second-order valence-corrected chi connectivity index (χ2v) is 6.43. The van der Waals surface area contributed by atoms with Gasteiger partial charge in [0.15, 0.2) is 12.5 Å². The largest absolute Gasteiger partial charge is 0.348 e. The van der Waals surface area contributed by atoms with Crippen molar-refractivity contribution in [3.05, 3.63) is 71.3 Å². The standard InChI is InChI=1S/C20H20F2N2O4/c1-11-12(2)28-20(24-18(26)14-8-4-6-10-16(14)22)19(27-11)23-17(25)13-7-3-5-9-15(13)21/h3-12,19-20H,1-2H3,(H,23,25)(H,24,26)/t11-,12-,19-,20+/m1/s1. The molecule has 0 aromatic heterocycles. The van der Waals surface area contributed by atoms with Crippen LogP contribution in [0.5, 0.6) is 0 Å². The zero-order valence-corrected chi connectivity index (χ0v) is 15.3. The Kier molecular flexibility index (Phi) is 6.01. The molecule has 0 bridgehead atoms. The Morgan fingerprint density at radius 1 is 0.750 bits per heavy atom. The molecular weight excluding hydrogens is 370 g/mol. The predicted octanol–water partition coefficient (Wildman–Crippen LogP) is 2.60. The van der Waals surface area contributed by atoms with Gasteiger partial charge in [-0.1, -0.05) is 24.3 Å². The minimum absolute atomic E-state index is 0.170. The van der Waals surface area contributed by atoms with Crippen LogP contribution in [-0.2, 0) is 9.47 Å². The number of amides is 2. The molecule has 1 fully saturated rings. The van der Waals surface area contributed by atoms with Crippen LogP contribution in [0.2, 0.25) is 0 Å². The van der Waals surface area contributed by atoms with Gasteiger partial charge in [0.2, 0.25) is 0 Å². The van der Waals surface area contributed by atoms with Gasteiger partial charge in [-0.3, -0.25) is 9.59 Å². The van der Waals surface area contributed by atoms with Gasteiger partial charge >= 0.3 is 0 Å². The van der Waals surface area contributed by atoms with E-state index in [-0.39, 0.29) is 11.1 Å². The molecule has 2 N–H and O–H groups in total. The lowest BCUT2D eigenvalue weighted by atomic mass is 10.1. The molecule has 1 aliphatic rings. The molecule has 0 radical (unpaired) electrons. The van der Waals surface area contributed by atoms with E-state index in [0.717, 1.165) is 12.1 Å². The predicted molar refractivity (Wildman–Crippen MR) is 96.4 cm³/mol. The highest BCUT2D eigenvalue weighted by Crippen LogP contribution is 2.19. The number of carbonyl (C=O) groups is 2. The zero-order valence-electron chi connectivity index (χ0n) is 15.3. The molecule has 4 atom stereocenters. The molecule has 28 heavy (non-hydrogen) atoms. The maximum absolute atomic E-state index is 13.9. The number of rotatable bonds is 4. The molecule has 1 heterocycles. The van der Waals surface area contributed by atoms with E-state index in [1.54, 1.807) is 13.8 Å². The van der Waals surface area contributed by atoms with Crippen LogP contribution in [0.3, 0.4) is 0 Å². The molecule has 2 aromatic rings. The van der Waals surface area contributed by atoms with Gasteiger partial charge in [-0.15, -0.1) is 0 Å². The lowest BCUT2D eigenvalue weighted by Gasteiger charge is -2.39. The first-order valence-corrected chi connectivity index (χ1v) is 8.78. The Bertz CT molecular complexity index is 805. The van der Waals surface area contributed by atoms with Crippen LogP contribution >= 0.6 is 0 Å². The van der Waals surface area contributed by atoms with Crippen molar-refractivity contribution in [2.24, 2.45) is 0 Å². The number of nitrogens with one attached hydrogen (secondary N) is 2. The third kappa shape index (κ3) is 4.35. The number of hydrogen-bond donors (Lipinski definition) is 2. The van der Waals surface area contributed by atoms with Gasteiger partial charge in [-0.05, 0) is 38.1 Å². The van der Waals surface area contributed by atoms with Gasteiger partial charge < -0.3 is 20.1 Å². The summed E-state index contributed by atoms with van der Waals surface area (Å²) in [5.74, 6) is -2.83. The summed E-state index contributed by atoms with van der Waals surface area (Å²) in [6.07, 6.45) is -2.97. The van der Waals surface area contributed by atoms with Crippen molar-refractivity contribution in [1.29, 1.82) is 0 Å². The average Bonchev–Trinajstić information content (AvgIpc) is 2.66. The molecule has 6 nitrogen and oxygen atoms in total. The van der Waals surface area contributed by atoms with Crippen molar-refractivity contribution in [3.63, 3.8) is 0 Å². The third-order valence-corrected chi connectivity index (χ3v) is 4.44. The molecular formula is C20H20F2N2O4. The van der Waals surface area contributed by atoms with Crippen LogP contribution in [-0.4, -0.2) is 36.5 Å². The van der Waals surface area contributed by atoms with Crippen LogP contribution in [0.25, 0.3) is 0 Å². The summed E-state index contributed by atoms with van der Waals surface area (Å²) in [5, 5.41) is 5.03. The lowest BCUT2D eigenvalue weighted by molar-refractivity contribution is -0.220. The normalized spacial score (nSPS) is 24.4. The Balaban J connectivity index is 1.77. The van der Waals surface area contributed by atoms with Crippen molar-refractivity contribution in [2.75, 3.05) is 0 Å². The number of hydrogen-bond acceptors (Lipinski definition) is 4. The first kappa shape index (κ1) is 19.9. The summed E-state index contributed by atoms with van der Waals surface area (Å²) in [5.41, 5.74) is -0.340. The molecule has 0 saturated carbocycles. The number of carbonyl (C=O) groups excluding carboxylic acids is 2. The Morgan fingerprint density at radius 3 is 1.46 bits per heavy atom. The third-order valence-electron chi connectivity index (χ3n) is 4.44. The maximum atomic E-state index is 13.9. The zero-order chi connectivity index (χ0) is 20.3. The lowest BCUT2D eigenvalue weighted by Crippen LogP contribution is -2.61. The number of halogens is 2. The van der Waals surface area contributed by atoms with E-state index in [9.17, 15) is 18.4 Å². The van der Waals surface area contributed by atoms with Crippen LogP contribution in [0, 0.1) is 11.6 Å². The molecule has 1 aliphatic heterocycles. The summed E-state index contributed by atoms with van der Waals surface area (Å²) < 4.78 is 39.2. The van der Waals surface area contributed by atoms with Crippen molar-refractivity contribution in [1.82, 2.24) is 10.6 Å². The van der Waals surface area contributed by atoms with Crippen LogP contribution < -0.4 is 10.6 Å². The van der Waals surface area contributed by atoms with Crippen LogP contribution in [0.4, 0.5) is 8.78 Å². The van der Waals surface area contributed by atoms with E-state index in [2.05, 4.69) is 10.6 Å². The van der Waals surface area contributed by atoms with Crippen molar-refractivity contribution >= 4 is 11.8 Å². The fourth-order valence-corrected chi connectivity index (χ4v) is 2.75. The summed E-state index contributed by atoms with van der Waals surface area (Å²) in [6.45, 7) is 3.48.